The molecule has 0 aromatic heterocycles. The van der Waals surface area contributed by atoms with Crippen molar-refractivity contribution >= 4 is 0 Å². The van der Waals surface area contributed by atoms with E-state index in [4.69, 9.17) is 4.74 Å². The van der Waals surface area contributed by atoms with Gasteiger partial charge >= 0.3 is 0 Å². The molecule has 0 aromatic carbocycles. The summed E-state index contributed by atoms with van der Waals surface area (Å²) in [6, 6.07) is 0. The van der Waals surface area contributed by atoms with Gasteiger partial charge in [-0.25, -0.2) is 0 Å². The largest absolute Gasteiger partial charge is 0.372 e. The molecule has 0 bridgehead atoms. The highest BCUT2D eigenvalue weighted by atomic mass is 16.5. The molecule has 0 aliphatic carbocycles. The molecule has 0 spiro atoms. The molecule has 0 fully saturated rings. The summed E-state index contributed by atoms with van der Waals surface area (Å²) in [5, 5.41) is 0. The second-order valence-corrected chi connectivity index (χ2v) is 5.79. The summed E-state index contributed by atoms with van der Waals surface area (Å²) in [7, 11) is 0. The van der Waals surface area contributed by atoms with Crippen molar-refractivity contribution in [2.24, 2.45) is 0 Å². The van der Waals surface area contributed by atoms with Crippen molar-refractivity contribution < 1.29 is 4.74 Å². The fourth-order valence-corrected chi connectivity index (χ4v) is 2.29. The fraction of sp³-hybridized carbons (Fsp3) is 0.944. The highest BCUT2D eigenvalue weighted by Crippen LogP contribution is 2.12. The number of ether oxygens (including phenoxy) is 1. The lowest BCUT2D eigenvalue weighted by Gasteiger charge is -2.08. The van der Waals surface area contributed by atoms with Crippen molar-refractivity contribution in [2.45, 2.75) is 104 Å². The van der Waals surface area contributed by atoms with E-state index in [2.05, 4.69) is 20.8 Å². The van der Waals surface area contributed by atoms with E-state index in [0.29, 0.717) is 0 Å². The van der Waals surface area contributed by atoms with Gasteiger partial charge in [0, 0.05) is 6.61 Å². The zero-order chi connectivity index (χ0) is 14.2. The molecule has 0 heterocycles. The summed E-state index contributed by atoms with van der Waals surface area (Å²) >= 11 is 0. The molecule has 19 heavy (non-hydrogen) atoms. The Morgan fingerprint density at radius 2 is 1.05 bits per heavy atom. The van der Waals surface area contributed by atoms with E-state index >= 15 is 0 Å². The zero-order valence-corrected chi connectivity index (χ0v) is 13.8. The van der Waals surface area contributed by atoms with Crippen molar-refractivity contribution in [1.82, 2.24) is 0 Å². The average Bonchev–Trinajstić information content (AvgIpc) is 2.43. The Hall–Kier alpha value is -0.0400. The third kappa shape index (κ3) is 15.9. The topological polar surface area (TPSA) is 9.23 Å². The van der Waals surface area contributed by atoms with Crippen molar-refractivity contribution in [2.75, 3.05) is 6.61 Å². The first-order chi connectivity index (χ1) is 9.31. The number of unbranched alkanes of at least 4 members (excludes halogenated alkanes) is 11. The fourth-order valence-electron chi connectivity index (χ4n) is 2.29. The summed E-state index contributed by atoms with van der Waals surface area (Å²) in [4.78, 5) is 0. The van der Waals surface area contributed by atoms with E-state index in [1.54, 1.807) is 0 Å². The van der Waals surface area contributed by atoms with Gasteiger partial charge in [-0.1, -0.05) is 84.5 Å². The van der Waals surface area contributed by atoms with Gasteiger partial charge in [0.05, 0.1) is 6.10 Å². The van der Waals surface area contributed by atoms with Crippen LogP contribution in [0, 0.1) is 6.10 Å². The molecule has 0 amide bonds. The Morgan fingerprint density at radius 3 is 1.47 bits per heavy atom. The predicted molar refractivity (Wildman–Crippen MR) is 86.2 cm³/mol. The number of hydrogen-bond acceptors (Lipinski definition) is 1. The molecule has 0 saturated heterocycles. The molecule has 0 aromatic rings. The van der Waals surface area contributed by atoms with Gasteiger partial charge in [-0.3, -0.25) is 0 Å². The number of hydrogen-bond donors (Lipinski definition) is 0. The Bertz CT molecular complexity index is 156. The van der Waals surface area contributed by atoms with Crippen LogP contribution in [0.4, 0.5) is 0 Å². The van der Waals surface area contributed by atoms with Crippen LogP contribution in [0.3, 0.4) is 0 Å². The summed E-state index contributed by atoms with van der Waals surface area (Å²) < 4.78 is 5.60. The summed E-state index contributed by atoms with van der Waals surface area (Å²) in [5.41, 5.74) is 0. The molecule has 0 aliphatic rings. The Morgan fingerprint density at radius 1 is 0.632 bits per heavy atom. The third-order valence-electron chi connectivity index (χ3n) is 3.84. The minimum atomic E-state index is 0.928. The van der Waals surface area contributed by atoms with E-state index in [1.807, 2.05) is 0 Å². The van der Waals surface area contributed by atoms with Crippen LogP contribution in [0.5, 0.6) is 0 Å². The van der Waals surface area contributed by atoms with Crippen LogP contribution in [0.2, 0.25) is 0 Å². The molecule has 0 N–H and O–H groups in total. The first kappa shape index (κ1) is 19.0. The molecular weight excluding hydrogens is 232 g/mol. The maximum Gasteiger partial charge on any atom is 0.0937 e. The van der Waals surface area contributed by atoms with E-state index < -0.39 is 0 Å². The molecule has 115 valence electrons. The van der Waals surface area contributed by atoms with E-state index in [1.165, 1.54) is 83.2 Å². The maximum absolute atomic E-state index is 5.60. The Kier molecular flexibility index (Phi) is 16.0. The third-order valence-corrected chi connectivity index (χ3v) is 3.84. The lowest BCUT2D eigenvalue weighted by atomic mass is 10.1. The van der Waals surface area contributed by atoms with E-state index in [0.717, 1.165) is 13.0 Å². The van der Waals surface area contributed by atoms with Crippen molar-refractivity contribution in [1.29, 1.82) is 0 Å². The van der Waals surface area contributed by atoms with Crippen molar-refractivity contribution in [3.63, 3.8) is 0 Å². The summed E-state index contributed by atoms with van der Waals surface area (Å²) in [5.74, 6) is 0. The first-order valence-electron chi connectivity index (χ1n) is 8.76. The van der Waals surface area contributed by atoms with Crippen LogP contribution in [0.25, 0.3) is 0 Å². The lowest BCUT2D eigenvalue weighted by molar-refractivity contribution is 0.139. The van der Waals surface area contributed by atoms with Gasteiger partial charge in [0.25, 0.3) is 0 Å². The Labute approximate surface area is 122 Å². The second kappa shape index (κ2) is 16.0. The van der Waals surface area contributed by atoms with Gasteiger partial charge in [0.2, 0.25) is 0 Å². The molecule has 0 atom stereocenters. The van der Waals surface area contributed by atoms with Gasteiger partial charge in [0.1, 0.15) is 0 Å². The first-order valence-corrected chi connectivity index (χ1v) is 8.76. The predicted octanol–water partition coefficient (Wildman–Crippen LogP) is 6.67. The average molecular weight is 269 g/mol. The van der Waals surface area contributed by atoms with Crippen molar-refractivity contribution in [3.05, 3.63) is 6.10 Å². The molecule has 0 rings (SSSR count). The van der Waals surface area contributed by atoms with Gasteiger partial charge in [-0.05, 0) is 19.8 Å². The molecule has 1 heteroatoms. The molecular formula is C18H37O. The molecule has 0 saturated carbocycles. The zero-order valence-electron chi connectivity index (χ0n) is 13.8. The monoisotopic (exact) mass is 269 g/mol. The minimum absolute atomic E-state index is 0.928. The van der Waals surface area contributed by atoms with E-state index in [9.17, 15) is 0 Å². The standard InChI is InChI=1S/C18H37O/c1-4-6-7-8-9-10-11-12-13-14-15-16-17-19-18(3)5-2/h4-17H2,1-3H3. The normalized spacial score (nSPS) is 11.4. The van der Waals surface area contributed by atoms with Gasteiger partial charge in [0.15, 0.2) is 0 Å². The molecule has 1 nitrogen and oxygen atoms in total. The van der Waals surface area contributed by atoms with Crippen LogP contribution in [0.1, 0.15) is 104 Å². The quantitative estimate of drug-likeness (QED) is 0.302. The van der Waals surface area contributed by atoms with Crippen LogP contribution in [0.15, 0.2) is 0 Å². The SMILES string of the molecule is CCCCCCCCCCCCCCO[C](C)CC. The summed E-state index contributed by atoms with van der Waals surface area (Å²) in [6.07, 6.45) is 19.1. The van der Waals surface area contributed by atoms with Crippen LogP contribution >= 0.6 is 0 Å². The van der Waals surface area contributed by atoms with Crippen molar-refractivity contribution in [3.8, 4) is 0 Å². The maximum atomic E-state index is 5.60. The van der Waals surface area contributed by atoms with Crippen LogP contribution in [-0.2, 0) is 4.74 Å². The number of rotatable bonds is 15. The van der Waals surface area contributed by atoms with Gasteiger partial charge in [-0.15, -0.1) is 0 Å². The second-order valence-electron chi connectivity index (χ2n) is 5.79. The lowest BCUT2D eigenvalue weighted by Crippen LogP contribution is -1.99. The minimum Gasteiger partial charge on any atom is -0.372 e. The molecule has 0 aliphatic heterocycles. The van der Waals surface area contributed by atoms with E-state index in [-0.39, 0.29) is 0 Å². The van der Waals surface area contributed by atoms with Gasteiger partial charge < -0.3 is 4.74 Å². The Balaban J connectivity index is 2.95. The summed E-state index contributed by atoms with van der Waals surface area (Å²) in [6.45, 7) is 7.45. The smallest absolute Gasteiger partial charge is 0.0937 e. The highest BCUT2D eigenvalue weighted by Gasteiger charge is 1.98. The highest BCUT2D eigenvalue weighted by molar-refractivity contribution is 4.66. The van der Waals surface area contributed by atoms with Gasteiger partial charge in [-0.2, -0.15) is 0 Å². The molecule has 1 radical (unpaired) electrons. The van der Waals surface area contributed by atoms with Crippen LogP contribution in [-0.4, -0.2) is 6.61 Å². The molecule has 0 unspecified atom stereocenters. The van der Waals surface area contributed by atoms with Crippen LogP contribution < -0.4 is 0 Å².